The molecule has 0 saturated heterocycles. The second kappa shape index (κ2) is 4.46. The Morgan fingerprint density at radius 3 is 2.55 bits per heavy atom. The van der Waals surface area contributed by atoms with Crippen LogP contribution in [0.5, 0.6) is 0 Å². The number of thiophene rings is 1. The minimum Gasteiger partial charge on any atom is -0.135 e. The third-order valence-electron chi connectivity index (χ3n) is 3.16. The molecule has 0 aliphatic rings. The van der Waals surface area contributed by atoms with Gasteiger partial charge in [-0.1, -0.05) is 60.5 Å². The molecule has 3 aromatic carbocycles. The molecule has 0 unspecified atom stereocenters. The summed E-state index contributed by atoms with van der Waals surface area (Å²) in [6.45, 7) is 1.63. The first-order chi connectivity index (χ1) is 13.6. The average Bonchev–Trinajstić information content (AvgIpc) is 3.05. The number of rotatable bonds is 1. The molecule has 0 aliphatic carbocycles. The maximum absolute atomic E-state index is 8.51. The molecule has 0 nitrogen and oxygen atoms in total. The summed E-state index contributed by atoms with van der Waals surface area (Å²) in [6.07, 6.45) is 0. The first kappa shape index (κ1) is 5.71. The maximum Gasteiger partial charge on any atom is 0.0638 e. The van der Waals surface area contributed by atoms with Gasteiger partial charge in [0.2, 0.25) is 0 Å². The lowest BCUT2D eigenvalue weighted by Crippen LogP contribution is -1.80. The topological polar surface area (TPSA) is 0 Å². The smallest absolute Gasteiger partial charge is 0.0638 e. The Labute approximate surface area is 135 Å². The number of hydrogen-bond donors (Lipinski definition) is 0. The van der Waals surface area contributed by atoms with Crippen LogP contribution in [0.4, 0.5) is 0 Å². The zero-order valence-corrected chi connectivity index (χ0v) is 11.4. The van der Waals surface area contributed by atoms with E-state index in [0.717, 1.165) is 11.3 Å². The molecule has 0 aliphatic heterocycles. The highest BCUT2D eigenvalue weighted by molar-refractivity contribution is 7.26. The van der Waals surface area contributed by atoms with E-state index in [4.69, 9.17) is 12.3 Å². The van der Waals surface area contributed by atoms with Crippen LogP contribution in [0.25, 0.3) is 31.3 Å². The fourth-order valence-electron chi connectivity index (χ4n) is 2.26. The molecule has 96 valence electrons. The van der Waals surface area contributed by atoms with E-state index in [1.165, 1.54) is 12.1 Å². The lowest BCUT2D eigenvalue weighted by Gasteiger charge is -2.05. The van der Waals surface area contributed by atoms with Crippen molar-refractivity contribution in [2.75, 3.05) is 0 Å². The van der Waals surface area contributed by atoms with Crippen LogP contribution in [0, 0.1) is 6.92 Å². The van der Waals surface area contributed by atoms with Crippen LogP contribution in [0.15, 0.2) is 66.5 Å². The first-order valence-corrected chi connectivity index (χ1v) is 6.88. The summed E-state index contributed by atoms with van der Waals surface area (Å²) in [6, 6.07) is 0.898. The number of hydrogen-bond acceptors (Lipinski definition) is 1. The average molecular weight is 283 g/mol. The van der Waals surface area contributed by atoms with Crippen molar-refractivity contribution < 1.29 is 12.3 Å². The fourth-order valence-corrected chi connectivity index (χ4v) is 3.43. The largest absolute Gasteiger partial charge is 0.135 e. The van der Waals surface area contributed by atoms with Gasteiger partial charge in [0.15, 0.2) is 0 Å². The normalized spacial score (nSPS) is 17.6. The molecule has 4 aromatic rings. The van der Waals surface area contributed by atoms with E-state index in [1.807, 2.05) is 0 Å². The molecule has 1 heterocycles. The SMILES string of the molecule is [2H]c1cc([2H])c(-c2c([2H])c([2H])c(C)c3c2sc2c([2H])c([2H])c([2H])c([2H])c23)c([2H])c1. The van der Waals surface area contributed by atoms with Crippen LogP contribution in [0.2, 0.25) is 0 Å². The van der Waals surface area contributed by atoms with Crippen LogP contribution in [-0.2, 0) is 0 Å². The predicted molar refractivity (Wildman–Crippen MR) is 89.5 cm³/mol. The minimum atomic E-state index is -0.370. The van der Waals surface area contributed by atoms with Crippen molar-refractivity contribution in [3.05, 3.63) is 72.1 Å². The van der Waals surface area contributed by atoms with Crippen LogP contribution in [0.1, 0.15) is 17.9 Å². The van der Waals surface area contributed by atoms with Crippen LogP contribution >= 0.6 is 11.3 Å². The van der Waals surface area contributed by atoms with Gasteiger partial charge in [-0.05, 0) is 29.7 Å². The van der Waals surface area contributed by atoms with E-state index < -0.39 is 0 Å². The van der Waals surface area contributed by atoms with Gasteiger partial charge in [-0.3, -0.25) is 0 Å². The highest BCUT2D eigenvalue weighted by Gasteiger charge is 2.11. The van der Waals surface area contributed by atoms with Gasteiger partial charge in [0.05, 0.1) is 12.3 Å². The molecular weight excluding hydrogens is 260 g/mol. The second-order valence-corrected chi connectivity index (χ2v) is 5.40. The van der Waals surface area contributed by atoms with E-state index in [9.17, 15) is 0 Å². The molecule has 0 bridgehead atoms. The lowest BCUT2D eigenvalue weighted by molar-refractivity contribution is 1.55. The monoisotopic (exact) mass is 283 g/mol. The molecule has 0 N–H and O–H groups in total. The van der Waals surface area contributed by atoms with Crippen LogP contribution < -0.4 is 0 Å². The van der Waals surface area contributed by atoms with E-state index in [2.05, 4.69) is 0 Å². The first-order valence-electron chi connectivity index (χ1n) is 10.6. The summed E-state index contributed by atoms with van der Waals surface area (Å²) in [5, 5.41) is 0.736. The van der Waals surface area contributed by atoms with Crippen molar-refractivity contribution in [1.29, 1.82) is 0 Å². The molecule has 1 heteroatoms. The van der Waals surface area contributed by atoms with Crippen molar-refractivity contribution in [3.8, 4) is 11.1 Å². The van der Waals surface area contributed by atoms with Gasteiger partial charge in [0.1, 0.15) is 0 Å². The standard InChI is InChI=1S/C19H14S/c1-13-11-12-15(14-7-3-2-4-8-14)19-18(13)16-9-5-6-10-17(16)20-19/h2-12H,1H3/i2D,5D,6D,7D,8D,9D,10D,11D,12D. The van der Waals surface area contributed by atoms with Crippen molar-refractivity contribution in [2.45, 2.75) is 6.92 Å². The summed E-state index contributed by atoms with van der Waals surface area (Å²) in [5.74, 6) is 0. The molecule has 4 rings (SSSR count). The number of benzene rings is 3. The van der Waals surface area contributed by atoms with E-state index in [0.29, 0.717) is 25.7 Å². The quantitative estimate of drug-likeness (QED) is 0.400. The zero-order chi connectivity index (χ0) is 21.4. The van der Waals surface area contributed by atoms with Crippen molar-refractivity contribution in [3.63, 3.8) is 0 Å². The fraction of sp³-hybridized carbons (Fsp3) is 0.0526. The van der Waals surface area contributed by atoms with Crippen molar-refractivity contribution in [1.82, 2.24) is 0 Å². The van der Waals surface area contributed by atoms with Gasteiger partial charge < -0.3 is 0 Å². The van der Waals surface area contributed by atoms with E-state index in [1.54, 1.807) is 6.92 Å². The van der Waals surface area contributed by atoms with E-state index >= 15 is 0 Å². The van der Waals surface area contributed by atoms with Gasteiger partial charge in [-0.2, -0.15) is 0 Å². The number of aryl methyl sites for hydroxylation is 1. The van der Waals surface area contributed by atoms with Gasteiger partial charge in [0.25, 0.3) is 0 Å². The van der Waals surface area contributed by atoms with Crippen LogP contribution in [-0.4, -0.2) is 0 Å². The Hall–Kier alpha value is -2.12. The summed E-state index contributed by atoms with van der Waals surface area (Å²) in [5.41, 5.74) is 0.718. The summed E-state index contributed by atoms with van der Waals surface area (Å²) >= 11 is 1.08. The third-order valence-corrected chi connectivity index (χ3v) is 4.28. The van der Waals surface area contributed by atoms with E-state index in [-0.39, 0.29) is 65.5 Å². The molecule has 0 saturated carbocycles. The Kier molecular flexibility index (Phi) is 1.27. The molecule has 0 fully saturated rings. The molecule has 0 atom stereocenters. The van der Waals surface area contributed by atoms with Gasteiger partial charge in [-0.25, -0.2) is 0 Å². The molecule has 20 heavy (non-hydrogen) atoms. The molecule has 0 amide bonds. The third kappa shape index (κ3) is 1.67. The number of fused-ring (bicyclic) bond motifs is 3. The molecular formula is C19H14S. The maximum atomic E-state index is 8.51. The van der Waals surface area contributed by atoms with Crippen molar-refractivity contribution >= 4 is 31.5 Å². The highest BCUT2D eigenvalue weighted by Crippen LogP contribution is 2.41. The predicted octanol–water partition coefficient (Wildman–Crippen LogP) is 6.03. The second-order valence-electron chi connectivity index (χ2n) is 4.38. The van der Waals surface area contributed by atoms with Gasteiger partial charge >= 0.3 is 0 Å². The Balaban J connectivity index is 2.33. The Bertz CT molecular complexity index is 1330. The highest BCUT2D eigenvalue weighted by atomic mass is 32.1. The molecule has 0 spiro atoms. The lowest BCUT2D eigenvalue weighted by atomic mass is 9.99. The van der Waals surface area contributed by atoms with Gasteiger partial charge in [-0.15, -0.1) is 11.3 Å². The minimum absolute atomic E-state index is 0.000610. The Morgan fingerprint density at radius 2 is 1.70 bits per heavy atom. The summed E-state index contributed by atoms with van der Waals surface area (Å²) < 4.78 is 74.4. The van der Waals surface area contributed by atoms with Gasteiger partial charge in [0, 0.05) is 20.2 Å². The zero-order valence-electron chi connectivity index (χ0n) is 19.6. The molecule has 0 radical (unpaired) electrons. The summed E-state index contributed by atoms with van der Waals surface area (Å²) in [7, 11) is 0. The van der Waals surface area contributed by atoms with Crippen LogP contribution in [0.3, 0.4) is 0 Å². The molecule has 1 aromatic heterocycles. The summed E-state index contributed by atoms with van der Waals surface area (Å²) in [4.78, 5) is 0. The Morgan fingerprint density at radius 1 is 0.900 bits per heavy atom. The van der Waals surface area contributed by atoms with Crippen molar-refractivity contribution in [2.24, 2.45) is 0 Å².